The largest absolute Gasteiger partial charge is 0.507 e. The maximum absolute atomic E-state index is 14.1. The van der Waals surface area contributed by atoms with Crippen LogP contribution in [0.15, 0.2) is 66.4 Å². The van der Waals surface area contributed by atoms with Crippen LogP contribution in [0.25, 0.3) is 6.08 Å². The zero-order valence-electron chi connectivity index (χ0n) is 17.8. The Morgan fingerprint density at radius 3 is 2.52 bits per heavy atom. The molecule has 168 valence electrons. The molecule has 2 aliphatic heterocycles. The van der Waals surface area contributed by atoms with Crippen molar-refractivity contribution < 1.29 is 23.4 Å². The minimum Gasteiger partial charge on any atom is -0.507 e. The molecule has 33 heavy (non-hydrogen) atoms. The molecule has 0 saturated carbocycles. The lowest BCUT2D eigenvalue weighted by Gasteiger charge is -2.36. The number of Topliss-reactive ketones (excluding diaryl/α,β-unsaturated/α-hetero) is 1. The van der Waals surface area contributed by atoms with E-state index in [0.717, 1.165) is 0 Å². The molecule has 0 radical (unpaired) electrons. The van der Waals surface area contributed by atoms with Gasteiger partial charge >= 0.3 is 0 Å². The second-order valence-electron chi connectivity index (χ2n) is 8.15. The van der Waals surface area contributed by atoms with Gasteiger partial charge in [0, 0.05) is 32.7 Å². The fraction of sp³-hybridized carbons (Fsp3) is 0.192. The Bertz CT molecular complexity index is 1250. The normalized spacial score (nSPS) is 17.3. The summed E-state index contributed by atoms with van der Waals surface area (Å²) in [7, 11) is 0. The molecule has 5 nitrogen and oxygen atoms in total. The van der Waals surface area contributed by atoms with Gasteiger partial charge in [0.15, 0.2) is 5.76 Å². The molecule has 0 aliphatic carbocycles. The van der Waals surface area contributed by atoms with Crippen LogP contribution in [0.1, 0.15) is 21.5 Å². The molecule has 0 amide bonds. The van der Waals surface area contributed by atoms with Crippen LogP contribution in [-0.4, -0.2) is 42.0 Å². The van der Waals surface area contributed by atoms with Crippen LogP contribution in [0.3, 0.4) is 0 Å². The van der Waals surface area contributed by atoms with E-state index >= 15 is 0 Å². The number of benzene rings is 3. The van der Waals surface area contributed by atoms with Gasteiger partial charge in [0.25, 0.3) is 0 Å². The summed E-state index contributed by atoms with van der Waals surface area (Å²) in [5, 5.41) is 10.5. The van der Waals surface area contributed by atoms with Gasteiger partial charge in [-0.3, -0.25) is 9.69 Å². The van der Waals surface area contributed by atoms with Gasteiger partial charge in [-0.15, -0.1) is 0 Å². The van der Waals surface area contributed by atoms with E-state index in [-0.39, 0.29) is 23.1 Å². The monoisotopic (exact) mass is 448 g/mol. The van der Waals surface area contributed by atoms with E-state index in [1.165, 1.54) is 30.3 Å². The number of hydrogen-bond donors (Lipinski definition) is 1. The Morgan fingerprint density at radius 1 is 0.970 bits per heavy atom. The minimum absolute atomic E-state index is 0.0464. The predicted octanol–water partition coefficient (Wildman–Crippen LogP) is 4.61. The molecule has 5 rings (SSSR count). The number of para-hydroxylation sites is 1. The zero-order valence-corrected chi connectivity index (χ0v) is 17.8. The lowest BCUT2D eigenvalue weighted by Crippen LogP contribution is -2.46. The molecule has 1 N–H and O–H groups in total. The summed E-state index contributed by atoms with van der Waals surface area (Å²) in [6.45, 7) is 3.00. The highest BCUT2D eigenvalue weighted by Crippen LogP contribution is 2.40. The number of piperazine rings is 1. The number of rotatable bonds is 4. The zero-order chi connectivity index (χ0) is 22.9. The van der Waals surface area contributed by atoms with Gasteiger partial charge in [-0.25, -0.2) is 8.78 Å². The number of phenols is 1. The van der Waals surface area contributed by atoms with Gasteiger partial charge in [-0.2, -0.15) is 0 Å². The van der Waals surface area contributed by atoms with Gasteiger partial charge in [0.2, 0.25) is 5.78 Å². The third-order valence-electron chi connectivity index (χ3n) is 6.01. The summed E-state index contributed by atoms with van der Waals surface area (Å²) in [6.07, 6.45) is 1.50. The Morgan fingerprint density at radius 2 is 1.76 bits per heavy atom. The van der Waals surface area contributed by atoms with Gasteiger partial charge in [-0.1, -0.05) is 24.3 Å². The number of phenolic OH excluding ortho intramolecular Hbond substituents is 1. The molecule has 0 unspecified atom stereocenters. The van der Waals surface area contributed by atoms with Crippen molar-refractivity contribution in [1.29, 1.82) is 0 Å². The van der Waals surface area contributed by atoms with Crippen molar-refractivity contribution >= 4 is 17.5 Å². The molecule has 2 aliphatic rings. The molecule has 2 heterocycles. The quantitative estimate of drug-likeness (QED) is 0.591. The summed E-state index contributed by atoms with van der Waals surface area (Å²) >= 11 is 0. The number of ether oxygens (including phenoxy) is 1. The summed E-state index contributed by atoms with van der Waals surface area (Å²) in [6, 6.07) is 15.6. The third kappa shape index (κ3) is 4.19. The molecule has 0 bridgehead atoms. The summed E-state index contributed by atoms with van der Waals surface area (Å²) in [5.41, 5.74) is 2.00. The highest BCUT2D eigenvalue weighted by molar-refractivity contribution is 6.15. The number of fused-ring (bicyclic) bond motifs is 1. The third-order valence-corrected chi connectivity index (χ3v) is 6.01. The standard InChI is InChI=1S/C26H22F2N2O3/c27-18-5-3-4-17(14-18)15-24-25(32)19-8-9-23(31)20(26(19)33-24)16-29-10-12-30(13-11-29)22-7-2-1-6-21(22)28/h1-9,14-15,31H,10-13,16H2/b24-15-. The van der Waals surface area contributed by atoms with E-state index in [0.29, 0.717) is 60.9 Å². The molecule has 7 heteroatoms. The van der Waals surface area contributed by atoms with Crippen LogP contribution in [-0.2, 0) is 6.54 Å². The van der Waals surface area contributed by atoms with E-state index in [9.17, 15) is 18.7 Å². The number of nitrogens with zero attached hydrogens (tertiary/aromatic N) is 2. The van der Waals surface area contributed by atoms with Gasteiger partial charge in [0.1, 0.15) is 23.1 Å². The van der Waals surface area contributed by atoms with Gasteiger partial charge in [-0.05, 0) is 48.0 Å². The van der Waals surface area contributed by atoms with E-state index in [4.69, 9.17) is 4.74 Å². The number of allylic oxidation sites excluding steroid dienone is 1. The van der Waals surface area contributed by atoms with E-state index < -0.39 is 5.82 Å². The maximum Gasteiger partial charge on any atom is 0.231 e. The molecule has 0 spiro atoms. The Kier molecular flexibility index (Phi) is 5.56. The van der Waals surface area contributed by atoms with Crippen molar-refractivity contribution in [3.63, 3.8) is 0 Å². The molecule has 3 aromatic rings. The lowest BCUT2D eigenvalue weighted by atomic mass is 10.0. The van der Waals surface area contributed by atoms with Crippen molar-refractivity contribution in [3.05, 3.63) is 94.7 Å². The first-order valence-electron chi connectivity index (χ1n) is 10.8. The topological polar surface area (TPSA) is 53.0 Å². The number of carbonyl (C=O) groups is 1. The second kappa shape index (κ2) is 8.67. The summed E-state index contributed by atoms with van der Waals surface area (Å²) in [5.74, 6) is -0.481. The number of hydrogen-bond acceptors (Lipinski definition) is 5. The minimum atomic E-state index is -0.403. The van der Waals surface area contributed by atoms with Crippen LogP contribution in [0.5, 0.6) is 11.5 Å². The highest BCUT2D eigenvalue weighted by Gasteiger charge is 2.32. The van der Waals surface area contributed by atoms with E-state index in [2.05, 4.69) is 4.90 Å². The lowest BCUT2D eigenvalue weighted by molar-refractivity contribution is 0.101. The smallest absolute Gasteiger partial charge is 0.231 e. The molecule has 1 saturated heterocycles. The molecule has 0 atom stereocenters. The molecule has 3 aromatic carbocycles. The van der Waals surface area contributed by atoms with Crippen molar-refractivity contribution in [1.82, 2.24) is 4.90 Å². The second-order valence-corrected chi connectivity index (χ2v) is 8.15. The molecular weight excluding hydrogens is 426 g/mol. The van der Waals surface area contributed by atoms with Crippen LogP contribution in [0.2, 0.25) is 0 Å². The number of halogens is 2. The Hall–Kier alpha value is -3.71. The first-order chi connectivity index (χ1) is 16.0. The summed E-state index contributed by atoms with van der Waals surface area (Å²) < 4.78 is 33.5. The fourth-order valence-corrected chi connectivity index (χ4v) is 4.28. The fourth-order valence-electron chi connectivity index (χ4n) is 4.28. The van der Waals surface area contributed by atoms with Crippen molar-refractivity contribution in [3.8, 4) is 11.5 Å². The van der Waals surface area contributed by atoms with Crippen molar-refractivity contribution in [2.75, 3.05) is 31.1 Å². The SMILES string of the molecule is O=C1/C(=C/c2cccc(F)c2)Oc2c1ccc(O)c2CN1CCN(c2ccccc2F)CC1. The maximum atomic E-state index is 14.1. The van der Waals surface area contributed by atoms with Crippen LogP contribution >= 0.6 is 0 Å². The molecular formula is C26H22F2N2O3. The predicted molar refractivity (Wildman–Crippen MR) is 121 cm³/mol. The number of anilines is 1. The number of aromatic hydroxyl groups is 1. The first kappa shape index (κ1) is 21.2. The average molecular weight is 448 g/mol. The van der Waals surface area contributed by atoms with Crippen LogP contribution in [0, 0.1) is 11.6 Å². The number of carbonyl (C=O) groups excluding carboxylic acids is 1. The van der Waals surface area contributed by atoms with Crippen LogP contribution in [0.4, 0.5) is 14.5 Å². The van der Waals surface area contributed by atoms with Gasteiger partial charge < -0.3 is 14.7 Å². The highest BCUT2D eigenvalue weighted by atomic mass is 19.1. The number of ketones is 1. The van der Waals surface area contributed by atoms with Crippen molar-refractivity contribution in [2.45, 2.75) is 6.54 Å². The van der Waals surface area contributed by atoms with Crippen LogP contribution < -0.4 is 9.64 Å². The Balaban J connectivity index is 1.34. The van der Waals surface area contributed by atoms with Crippen molar-refractivity contribution in [2.24, 2.45) is 0 Å². The first-order valence-corrected chi connectivity index (χ1v) is 10.8. The van der Waals surface area contributed by atoms with E-state index in [1.807, 2.05) is 11.0 Å². The molecule has 0 aromatic heterocycles. The molecule has 1 fully saturated rings. The van der Waals surface area contributed by atoms with E-state index in [1.54, 1.807) is 30.3 Å². The summed E-state index contributed by atoms with van der Waals surface area (Å²) in [4.78, 5) is 17.0. The average Bonchev–Trinajstić information content (AvgIpc) is 3.12. The Labute approximate surface area is 190 Å². The van der Waals surface area contributed by atoms with Gasteiger partial charge in [0.05, 0.1) is 16.8 Å².